The van der Waals surface area contributed by atoms with Crippen LogP contribution in [0.1, 0.15) is 44.6 Å². The average Bonchev–Trinajstić information content (AvgIpc) is 3.27. The van der Waals surface area contributed by atoms with Crippen molar-refractivity contribution in [1.82, 2.24) is 5.32 Å². The second kappa shape index (κ2) is 8.40. The average molecular weight is 311 g/mol. The van der Waals surface area contributed by atoms with Gasteiger partial charge in [0.05, 0.1) is 0 Å². The van der Waals surface area contributed by atoms with Crippen molar-refractivity contribution in [2.24, 2.45) is 17.6 Å². The van der Waals surface area contributed by atoms with E-state index in [4.69, 9.17) is 5.73 Å². The fourth-order valence-electron chi connectivity index (χ4n) is 2.63. The standard InChI is InChI=1S/C17H26N2O.ClH/c1-12(2)15(13-6-4-3-5-7-13)10-17(20)19-11-16(18)14-8-9-14;/h3-7,12,14-16H,8-11,18H2,1-2H3,(H,19,20);1H. The number of amides is 1. The Morgan fingerprint density at radius 2 is 1.90 bits per heavy atom. The van der Waals surface area contributed by atoms with E-state index >= 15 is 0 Å². The maximum Gasteiger partial charge on any atom is 0.220 e. The first-order valence-corrected chi connectivity index (χ1v) is 7.65. The van der Waals surface area contributed by atoms with Crippen LogP contribution in [-0.2, 0) is 4.79 Å². The number of hydrogen-bond acceptors (Lipinski definition) is 2. The fourth-order valence-corrected chi connectivity index (χ4v) is 2.63. The minimum Gasteiger partial charge on any atom is -0.355 e. The zero-order valence-corrected chi connectivity index (χ0v) is 13.7. The molecule has 2 atom stereocenters. The molecule has 118 valence electrons. The van der Waals surface area contributed by atoms with E-state index in [1.807, 2.05) is 18.2 Å². The minimum absolute atomic E-state index is 0. The predicted molar refractivity (Wildman–Crippen MR) is 89.6 cm³/mol. The molecule has 2 unspecified atom stereocenters. The van der Waals surface area contributed by atoms with Crippen molar-refractivity contribution in [2.75, 3.05) is 6.54 Å². The van der Waals surface area contributed by atoms with E-state index in [-0.39, 0.29) is 30.3 Å². The Morgan fingerprint density at radius 3 is 2.43 bits per heavy atom. The van der Waals surface area contributed by atoms with Gasteiger partial charge in [-0.2, -0.15) is 0 Å². The number of hydrogen-bond donors (Lipinski definition) is 2. The van der Waals surface area contributed by atoms with Crippen molar-refractivity contribution in [3.8, 4) is 0 Å². The molecule has 1 aliphatic rings. The quantitative estimate of drug-likeness (QED) is 0.813. The van der Waals surface area contributed by atoms with Gasteiger partial charge >= 0.3 is 0 Å². The Kier molecular flexibility index (Phi) is 7.20. The monoisotopic (exact) mass is 310 g/mol. The molecule has 0 aromatic heterocycles. The largest absolute Gasteiger partial charge is 0.355 e. The first-order chi connectivity index (χ1) is 9.58. The summed E-state index contributed by atoms with van der Waals surface area (Å²) in [6.07, 6.45) is 2.98. The van der Waals surface area contributed by atoms with Crippen LogP contribution in [0, 0.1) is 11.8 Å². The van der Waals surface area contributed by atoms with E-state index in [0.717, 1.165) is 0 Å². The fraction of sp³-hybridized carbons (Fsp3) is 0.588. The summed E-state index contributed by atoms with van der Waals surface area (Å²) in [6, 6.07) is 10.4. The Hall–Kier alpha value is -1.06. The number of carbonyl (C=O) groups excluding carboxylic acids is 1. The SMILES string of the molecule is CC(C)C(CC(=O)NCC(N)C1CC1)c1ccccc1.Cl. The molecular weight excluding hydrogens is 284 g/mol. The van der Waals surface area contributed by atoms with Crippen molar-refractivity contribution < 1.29 is 4.79 Å². The molecular formula is C17H27ClN2O. The van der Waals surface area contributed by atoms with E-state index in [1.54, 1.807) is 0 Å². The van der Waals surface area contributed by atoms with Crippen LogP contribution >= 0.6 is 12.4 Å². The topological polar surface area (TPSA) is 55.1 Å². The number of carbonyl (C=O) groups is 1. The molecule has 1 fully saturated rings. The zero-order chi connectivity index (χ0) is 14.5. The molecule has 1 aliphatic carbocycles. The molecule has 2 rings (SSSR count). The normalized spacial score (nSPS) is 17.0. The lowest BCUT2D eigenvalue weighted by Gasteiger charge is -2.21. The van der Waals surface area contributed by atoms with Crippen molar-refractivity contribution in [3.05, 3.63) is 35.9 Å². The van der Waals surface area contributed by atoms with Crippen LogP contribution in [-0.4, -0.2) is 18.5 Å². The zero-order valence-electron chi connectivity index (χ0n) is 12.9. The van der Waals surface area contributed by atoms with Crippen molar-refractivity contribution in [3.63, 3.8) is 0 Å². The number of benzene rings is 1. The highest BCUT2D eigenvalue weighted by Crippen LogP contribution is 2.31. The summed E-state index contributed by atoms with van der Waals surface area (Å²) in [7, 11) is 0. The summed E-state index contributed by atoms with van der Waals surface area (Å²) in [5.41, 5.74) is 7.25. The van der Waals surface area contributed by atoms with Crippen LogP contribution in [0.5, 0.6) is 0 Å². The molecule has 0 heterocycles. The van der Waals surface area contributed by atoms with Gasteiger partial charge < -0.3 is 11.1 Å². The summed E-state index contributed by atoms with van der Waals surface area (Å²) < 4.78 is 0. The van der Waals surface area contributed by atoms with Crippen LogP contribution in [0.15, 0.2) is 30.3 Å². The smallest absolute Gasteiger partial charge is 0.220 e. The molecule has 1 aromatic carbocycles. The van der Waals surface area contributed by atoms with Crippen LogP contribution < -0.4 is 11.1 Å². The van der Waals surface area contributed by atoms with E-state index in [0.29, 0.717) is 24.8 Å². The number of halogens is 1. The second-order valence-electron chi connectivity index (χ2n) is 6.27. The van der Waals surface area contributed by atoms with Crippen LogP contribution in [0.2, 0.25) is 0 Å². The van der Waals surface area contributed by atoms with E-state index in [9.17, 15) is 4.79 Å². The van der Waals surface area contributed by atoms with Crippen LogP contribution in [0.25, 0.3) is 0 Å². The molecule has 4 heteroatoms. The Bertz CT molecular complexity index is 432. The first-order valence-electron chi connectivity index (χ1n) is 7.65. The molecule has 0 spiro atoms. The van der Waals surface area contributed by atoms with Gasteiger partial charge in [-0.05, 0) is 36.2 Å². The summed E-state index contributed by atoms with van der Waals surface area (Å²) in [5, 5.41) is 2.99. The molecule has 1 saturated carbocycles. The highest BCUT2D eigenvalue weighted by molar-refractivity contribution is 5.85. The molecule has 1 aromatic rings. The third-order valence-corrected chi connectivity index (χ3v) is 4.20. The lowest BCUT2D eigenvalue weighted by atomic mass is 9.85. The van der Waals surface area contributed by atoms with Crippen molar-refractivity contribution >= 4 is 18.3 Å². The van der Waals surface area contributed by atoms with Crippen LogP contribution in [0.3, 0.4) is 0 Å². The molecule has 21 heavy (non-hydrogen) atoms. The predicted octanol–water partition coefficient (Wildman–Crippen LogP) is 3.09. The lowest BCUT2D eigenvalue weighted by molar-refractivity contribution is -0.121. The number of rotatable bonds is 7. The number of nitrogens with one attached hydrogen (secondary N) is 1. The molecule has 3 nitrogen and oxygen atoms in total. The van der Waals surface area contributed by atoms with Gasteiger partial charge in [0.25, 0.3) is 0 Å². The van der Waals surface area contributed by atoms with Crippen molar-refractivity contribution in [1.29, 1.82) is 0 Å². The molecule has 1 amide bonds. The summed E-state index contributed by atoms with van der Waals surface area (Å²) >= 11 is 0. The number of nitrogens with two attached hydrogens (primary N) is 1. The van der Waals surface area contributed by atoms with E-state index in [2.05, 4.69) is 31.3 Å². The Labute approximate surface area is 134 Å². The van der Waals surface area contributed by atoms with E-state index < -0.39 is 0 Å². The van der Waals surface area contributed by atoms with Gasteiger partial charge in [-0.3, -0.25) is 4.79 Å². The highest BCUT2D eigenvalue weighted by atomic mass is 35.5. The Balaban J connectivity index is 0.00000220. The van der Waals surface area contributed by atoms with E-state index in [1.165, 1.54) is 18.4 Å². The lowest BCUT2D eigenvalue weighted by Crippen LogP contribution is -2.39. The van der Waals surface area contributed by atoms with Gasteiger partial charge in [0, 0.05) is 19.0 Å². The highest BCUT2D eigenvalue weighted by Gasteiger charge is 2.28. The maximum atomic E-state index is 12.1. The van der Waals surface area contributed by atoms with Crippen molar-refractivity contribution in [2.45, 2.75) is 45.1 Å². The maximum absolute atomic E-state index is 12.1. The first kappa shape index (κ1) is 18.0. The van der Waals surface area contributed by atoms with Gasteiger partial charge in [-0.15, -0.1) is 12.4 Å². The van der Waals surface area contributed by atoms with Gasteiger partial charge in [0.1, 0.15) is 0 Å². The van der Waals surface area contributed by atoms with Crippen LogP contribution in [0.4, 0.5) is 0 Å². The van der Waals surface area contributed by atoms with Gasteiger partial charge in [0.15, 0.2) is 0 Å². The molecule has 0 aliphatic heterocycles. The third-order valence-electron chi connectivity index (χ3n) is 4.20. The van der Waals surface area contributed by atoms with Gasteiger partial charge in [0.2, 0.25) is 5.91 Å². The second-order valence-corrected chi connectivity index (χ2v) is 6.27. The summed E-state index contributed by atoms with van der Waals surface area (Å²) in [6.45, 7) is 4.95. The van der Waals surface area contributed by atoms with Gasteiger partial charge in [-0.25, -0.2) is 0 Å². The summed E-state index contributed by atoms with van der Waals surface area (Å²) in [4.78, 5) is 12.1. The molecule has 3 N–H and O–H groups in total. The third kappa shape index (κ3) is 5.68. The minimum atomic E-state index is 0. The molecule has 0 bridgehead atoms. The van der Waals surface area contributed by atoms with Gasteiger partial charge in [-0.1, -0.05) is 44.2 Å². The Morgan fingerprint density at radius 1 is 1.29 bits per heavy atom. The summed E-state index contributed by atoms with van der Waals surface area (Å²) in [5.74, 6) is 1.46. The molecule has 0 saturated heterocycles. The molecule has 0 radical (unpaired) electrons.